The molecule has 1 atom stereocenters. The molecule has 0 saturated carbocycles. The zero-order valence-corrected chi connectivity index (χ0v) is 8.92. The highest BCUT2D eigenvalue weighted by atomic mass is 32.1. The van der Waals surface area contributed by atoms with Crippen molar-refractivity contribution in [2.45, 2.75) is 31.8 Å². The van der Waals surface area contributed by atoms with E-state index < -0.39 is 0 Å². The summed E-state index contributed by atoms with van der Waals surface area (Å²) in [6.45, 7) is 1.86. The maximum atomic E-state index is 5.62. The number of aromatic nitrogens is 2. The molecule has 14 heavy (non-hydrogen) atoms. The molecule has 1 unspecified atom stereocenters. The van der Waals surface area contributed by atoms with Gasteiger partial charge in [0.1, 0.15) is 6.33 Å². The van der Waals surface area contributed by atoms with Gasteiger partial charge < -0.3 is 10.1 Å². The topological polar surface area (TPSA) is 47.0 Å². The van der Waals surface area contributed by atoms with Crippen LogP contribution in [0.4, 0.5) is 5.13 Å². The molecule has 2 rings (SSSR count). The van der Waals surface area contributed by atoms with Crippen LogP contribution in [-0.4, -0.2) is 28.6 Å². The van der Waals surface area contributed by atoms with Gasteiger partial charge in [-0.05, 0) is 25.7 Å². The van der Waals surface area contributed by atoms with Crippen LogP contribution in [0.25, 0.3) is 0 Å². The normalized spacial score (nSPS) is 22.1. The van der Waals surface area contributed by atoms with E-state index in [1.807, 2.05) is 0 Å². The molecule has 1 aliphatic rings. The Kier molecular flexibility index (Phi) is 3.71. The third kappa shape index (κ3) is 2.92. The van der Waals surface area contributed by atoms with Crippen LogP contribution in [0, 0.1) is 0 Å². The zero-order chi connectivity index (χ0) is 9.64. The highest BCUT2D eigenvalue weighted by Crippen LogP contribution is 2.16. The van der Waals surface area contributed by atoms with Gasteiger partial charge in [0.05, 0.1) is 6.10 Å². The van der Waals surface area contributed by atoms with Gasteiger partial charge in [-0.2, -0.15) is 4.37 Å². The van der Waals surface area contributed by atoms with Crippen molar-refractivity contribution in [3.63, 3.8) is 0 Å². The molecule has 2 heterocycles. The molecular weight excluding hydrogens is 198 g/mol. The number of nitrogens with one attached hydrogen (secondary N) is 1. The first-order valence-electron chi connectivity index (χ1n) is 5.07. The van der Waals surface area contributed by atoms with Crippen LogP contribution in [-0.2, 0) is 4.74 Å². The lowest BCUT2D eigenvalue weighted by molar-refractivity contribution is 0.0134. The highest BCUT2D eigenvalue weighted by Gasteiger charge is 2.12. The molecule has 0 spiro atoms. The zero-order valence-electron chi connectivity index (χ0n) is 8.11. The Morgan fingerprint density at radius 2 is 2.57 bits per heavy atom. The number of rotatable bonds is 4. The number of hydrogen-bond donors (Lipinski definition) is 1. The standard InChI is InChI=1S/C9H15N3OS/c1-2-6-13-8(3-1)4-5-10-9-11-7-12-14-9/h7-8H,1-6H2,(H,10,11,12). The minimum absolute atomic E-state index is 0.448. The summed E-state index contributed by atoms with van der Waals surface area (Å²) in [6.07, 6.45) is 6.83. The molecular formula is C9H15N3OS. The second-order valence-corrected chi connectivity index (χ2v) is 4.23. The largest absolute Gasteiger partial charge is 0.378 e. The van der Waals surface area contributed by atoms with Crippen molar-refractivity contribution < 1.29 is 4.74 Å². The Balaban J connectivity index is 1.62. The summed E-state index contributed by atoms with van der Waals surface area (Å²) in [5.74, 6) is 0. The van der Waals surface area contributed by atoms with E-state index >= 15 is 0 Å². The lowest BCUT2D eigenvalue weighted by atomic mass is 10.1. The predicted molar refractivity (Wildman–Crippen MR) is 56.6 cm³/mol. The van der Waals surface area contributed by atoms with Gasteiger partial charge in [0, 0.05) is 24.7 Å². The summed E-state index contributed by atoms with van der Waals surface area (Å²) in [5, 5.41) is 4.14. The summed E-state index contributed by atoms with van der Waals surface area (Å²) in [5.41, 5.74) is 0. The van der Waals surface area contributed by atoms with Crippen molar-refractivity contribution in [3.8, 4) is 0 Å². The summed E-state index contributed by atoms with van der Waals surface area (Å²) in [7, 11) is 0. The van der Waals surface area contributed by atoms with Crippen molar-refractivity contribution >= 4 is 16.7 Å². The van der Waals surface area contributed by atoms with Gasteiger partial charge in [0.25, 0.3) is 0 Å². The maximum absolute atomic E-state index is 5.62. The molecule has 1 fully saturated rings. The molecule has 0 aliphatic carbocycles. The van der Waals surface area contributed by atoms with Crippen LogP contribution in [0.15, 0.2) is 6.33 Å². The van der Waals surface area contributed by atoms with E-state index in [0.29, 0.717) is 6.10 Å². The Hall–Kier alpha value is -0.680. The summed E-state index contributed by atoms with van der Waals surface area (Å²) >= 11 is 1.40. The van der Waals surface area contributed by atoms with Gasteiger partial charge in [-0.3, -0.25) is 0 Å². The van der Waals surface area contributed by atoms with Gasteiger partial charge in [-0.15, -0.1) is 0 Å². The maximum Gasteiger partial charge on any atom is 0.202 e. The van der Waals surface area contributed by atoms with E-state index in [0.717, 1.165) is 24.7 Å². The van der Waals surface area contributed by atoms with Gasteiger partial charge in [0.2, 0.25) is 5.13 Å². The summed E-state index contributed by atoms with van der Waals surface area (Å²) in [4.78, 5) is 4.05. The van der Waals surface area contributed by atoms with Crippen LogP contribution >= 0.6 is 11.5 Å². The van der Waals surface area contributed by atoms with Crippen LogP contribution < -0.4 is 5.32 Å². The van der Waals surface area contributed by atoms with E-state index in [4.69, 9.17) is 4.74 Å². The highest BCUT2D eigenvalue weighted by molar-refractivity contribution is 7.09. The average molecular weight is 213 g/mol. The summed E-state index contributed by atoms with van der Waals surface area (Å²) in [6, 6.07) is 0. The predicted octanol–water partition coefficient (Wildman–Crippen LogP) is 1.91. The van der Waals surface area contributed by atoms with Crippen molar-refractivity contribution in [1.82, 2.24) is 9.36 Å². The second-order valence-electron chi connectivity index (χ2n) is 3.45. The quantitative estimate of drug-likeness (QED) is 0.830. The fraction of sp³-hybridized carbons (Fsp3) is 0.778. The van der Waals surface area contributed by atoms with Crippen molar-refractivity contribution in [3.05, 3.63) is 6.33 Å². The van der Waals surface area contributed by atoms with E-state index in [9.17, 15) is 0 Å². The number of anilines is 1. The lowest BCUT2D eigenvalue weighted by Gasteiger charge is -2.22. The molecule has 1 N–H and O–H groups in total. The average Bonchev–Trinajstić information content (AvgIpc) is 2.72. The van der Waals surface area contributed by atoms with Gasteiger partial charge >= 0.3 is 0 Å². The molecule has 1 saturated heterocycles. The van der Waals surface area contributed by atoms with Gasteiger partial charge in [-0.1, -0.05) is 0 Å². The van der Waals surface area contributed by atoms with Crippen LogP contribution in [0.1, 0.15) is 25.7 Å². The second kappa shape index (κ2) is 5.26. The Morgan fingerprint density at radius 1 is 1.57 bits per heavy atom. The smallest absolute Gasteiger partial charge is 0.202 e. The molecule has 0 bridgehead atoms. The van der Waals surface area contributed by atoms with Gasteiger partial charge in [0.15, 0.2) is 0 Å². The number of ether oxygens (including phenoxy) is 1. The fourth-order valence-electron chi connectivity index (χ4n) is 1.63. The summed E-state index contributed by atoms with van der Waals surface area (Å²) < 4.78 is 9.55. The molecule has 5 heteroatoms. The SMILES string of the molecule is c1nsc(NCCC2CCCCO2)n1. The van der Waals surface area contributed by atoms with E-state index in [-0.39, 0.29) is 0 Å². The van der Waals surface area contributed by atoms with Crippen LogP contribution in [0.2, 0.25) is 0 Å². The van der Waals surface area contributed by atoms with E-state index in [1.165, 1.54) is 30.8 Å². The molecule has 1 aromatic rings. The van der Waals surface area contributed by atoms with Crippen molar-refractivity contribution in [2.24, 2.45) is 0 Å². The molecule has 78 valence electrons. The van der Waals surface area contributed by atoms with Crippen LogP contribution in [0.5, 0.6) is 0 Å². The van der Waals surface area contributed by atoms with E-state index in [2.05, 4.69) is 14.7 Å². The monoisotopic (exact) mass is 213 g/mol. The first-order valence-corrected chi connectivity index (χ1v) is 5.84. The molecule has 4 nitrogen and oxygen atoms in total. The fourth-order valence-corrected chi connectivity index (χ4v) is 2.08. The molecule has 1 aromatic heterocycles. The molecule has 0 aromatic carbocycles. The Bertz CT molecular complexity index is 247. The molecule has 0 radical (unpaired) electrons. The third-order valence-corrected chi connectivity index (χ3v) is 3.00. The molecule has 0 amide bonds. The minimum atomic E-state index is 0.448. The lowest BCUT2D eigenvalue weighted by Crippen LogP contribution is -2.21. The minimum Gasteiger partial charge on any atom is -0.378 e. The number of hydrogen-bond acceptors (Lipinski definition) is 5. The van der Waals surface area contributed by atoms with Crippen molar-refractivity contribution in [1.29, 1.82) is 0 Å². The first kappa shape index (κ1) is 9.86. The Labute approximate surface area is 87.9 Å². The third-order valence-electron chi connectivity index (χ3n) is 2.38. The molecule has 1 aliphatic heterocycles. The Morgan fingerprint density at radius 3 is 3.29 bits per heavy atom. The van der Waals surface area contributed by atoms with Crippen molar-refractivity contribution in [2.75, 3.05) is 18.5 Å². The van der Waals surface area contributed by atoms with E-state index in [1.54, 1.807) is 6.33 Å². The van der Waals surface area contributed by atoms with Gasteiger partial charge in [-0.25, -0.2) is 4.98 Å². The first-order chi connectivity index (χ1) is 6.95. The van der Waals surface area contributed by atoms with Crippen LogP contribution in [0.3, 0.4) is 0 Å². The number of nitrogens with zero attached hydrogens (tertiary/aromatic N) is 2.